The number of nitrogens with zero attached hydrogens (tertiary/aromatic N) is 1. The summed E-state index contributed by atoms with van der Waals surface area (Å²) < 4.78 is 0. The Morgan fingerprint density at radius 3 is 2.50 bits per heavy atom. The maximum atomic E-state index is 12.5. The SMILES string of the molecule is O=C1CCCC1CCN1C(=O)NC2(CCCCC2)C1=O. The number of hydrogen-bond acceptors (Lipinski definition) is 3. The van der Waals surface area contributed by atoms with Crippen molar-refractivity contribution in [3.05, 3.63) is 0 Å². The largest absolute Gasteiger partial charge is 0.325 e. The maximum absolute atomic E-state index is 12.5. The molecule has 1 heterocycles. The third-order valence-electron chi connectivity index (χ3n) is 5.09. The molecule has 5 heteroatoms. The van der Waals surface area contributed by atoms with Gasteiger partial charge in [-0.25, -0.2) is 4.79 Å². The Hall–Kier alpha value is -1.39. The number of imide groups is 1. The molecule has 0 aromatic rings. The Morgan fingerprint density at radius 1 is 1.10 bits per heavy atom. The lowest BCUT2D eigenvalue weighted by Crippen LogP contribution is -2.48. The number of nitrogens with one attached hydrogen (secondary N) is 1. The number of ketones is 1. The van der Waals surface area contributed by atoms with Crippen LogP contribution in [-0.2, 0) is 9.59 Å². The molecule has 0 bridgehead atoms. The van der Waals surface area contributed by atoms with E-state index in [0.29, 0.717) is 25.2 Å². The van der Waals surface area contributed by atoms with Crippen molar-refractivity contribution in [1.29, 1.82) is 0 Å². The first kappa shape index (κ1) is 13.6. The van der Waals surface area contributed by atoms with E-state index in [0.717, 1.165) is 44.9 Å². The van der Waals surface area contributed by atoms with Crippen molar-refractivity contribution >= 4 is 17.7 Å². The zero-order chi connectivity index (χ0) is 14.2. The number of hydrogen-bond donors (Lipinski definition) is 1. The third-order valence-corrected chi connectivity index (χ3v) is 5.09. The molecular weight excluding hydrogens is 256 g/mol. The van der Waals surface area contributed by atoms with Gasteiger partial charge in [-0.1, -0.05) is 19.3 Å². The molecule has 3 rings (SSSR count). The number of rotatable bonds is 3. The fourth-order valence-electron chi connectivity index (χ4n) is 3.85. The predicted octanol–water partition coefficient (Wildman–Crippen LogP) is 2.00. The van der Waals surface area contributed by atoms with Crippen molar-refractivity contribution in [2.45, 2.75) is 63.3 Å². The summed E-state index contributed by atoms with van der Waals surface area (Å²) in [6.45, 7) is 0.392. The van der Waals surface area contributed by atoms with Gasteiger partial charge in [-0.2, -0.15) is 0 Å². The molecule has 20 heavy (non-hydrogen) atoms. The molecule has 3 aliphatic rings. The van der Waals surface area contributed by atoms with Crippen LogP contribution < -0.4 is 5.32 Å². The van der Waals surface area contributed by atoms with Crippen LogP contribution >= 0.6 is 0 Å². The zero-order valence-electron chi connectivity index (χ0n) is 11.8. The van der Waals surface area contributed by atoms with E-state index >= 15 is 0 Å². The number of carbonyl (C=O) groups is 3. The first-order valence-electron chi connectivity index (χ1n) is 7.79. The second-order valence-electron chi connectivity index (χ2n) is 6.37. The van der Waals surface area contributed by atoms with E-state index in [1.165, 1.54) is 4.90 Å². The van der Waals surface area contributed by atoms with E-state index in [4.69, 9.17) is 0 Å². The molecule has 3 amide bonds. The van der Waals surface area contributed by atoms with E-state index in [1.807, 2.05) is 0 Å². The molecule has 1 N–H and O–H groups in total. The summed E-state index contributed by atoms with van der Waals surface area (Å²) in [6, 6.07) is -0.262. The van der Waals surface area contributed by atoms with Gasteiger partial charge in [0.05, 0.1) is 0 Å². The van der Waals surface area contributed by atoms with E-state index < -0.39 is 5.54 Å². The molecule has 2 saturated carbocycles. The summed E-state index contributed by atoms with van der Waals surface area (Å²) >= 11 is 0. The van der Waals surface area contributed by atoms with Crippen LogP contribution in [0.25, 0.3) is 0 Å². The molecule has 3 fully saturated rings. The van der Waals surface area contributed by atoms with Gasteiger partial charge in [-0.15, -0.1) is 0 Å². The summed E-state index contributed by atoms with van der Waals surface area (Å²) in [5, 5.41) is 2.91. The molecule has 0 aromatic heterocycles. The molecule has 1 spiro atoms. The molecule has 5 nitrogen and oxygen atoms in total. The van der Waals surface area contributed by atoms with Crippen molar-refractivity contribution in [2.75, 3.05) is 6.54 Å². The highest BCUT2D eigenvalue weighted by molar-refractivity contribution is 6.07. The van der Waals surface area contributed by atoms with Crippen LogP contribution in [0.3, 0.4) is 0 Å². The first-order chi connectivity index (χ1) is 9.62. The smallest absolute Gasteiger partial charge is 0.323 e. The fraction of sp³-hybridized carbons (Fsp3) is 0.800. The normalized spacial score (nSPS) is 29.3. The number of carbonyl (C=O) groups excluding carboxylic acids is 3. The van der Waals surface area contributed by atoms with Gasteiger partial charge in [0, 0.05) is 18.9 Å². The predicted molar refractivity (Wildman–Crippen MR) is 73.0 cm³/mol. The van der Waals surface area contributed by atoms with Crippen molar-refractivity contribution < 1.29 is 14.4 Å². The van der Waals surface area contributed by atoms with Gasteiger partial charge in [-0.3, -0.25) is 14.5 Å². The lowest BCUT2D eigenvalue weighted by Gasteiger charge is -2.30. The molecule has 2 aliphatic carbocycles. The Morgan fingerprint density at radius 2 is 1.85 bits per heavy atom. The summed E-state index contributed by atoms with van der Waals surface area (Å²) in [5.41, 5.74) is -0.630. The van der Waals surface area contributed by atoms with Crippen LogP contribution in [0.4, 0.5) is 4.79 Å². The van der Waals surface area contributed by atoms with Crippen LogP contribution in [0.5, 0.6) is 0 Å². The topological polar surface area (TPSA) is 66.5 Å². The Kier molecular flexibility index (Phi) is 3.52. The molecule has 1 aliphatic heterocycles. The zero-order valence-corrected chi connectivity index (χ0v) is 11.8. The fourth-order valence-corrected chi connectivity index (χ4v) is 3.85. The highest BCUT2D eigenvalue weighted by atomic mass is 16.2. The van der Waals surface area contributed by atoms with Gasteiger partial charge >= 0.3 is 6.03 Å². The first-order valence-corrected chi connectivity index (χ1v) is 7.79. The highest BCUT2D eigenvalue weighted by Crippen LogP contribution is 2.34. The van der Waals surface area contributed by atoms with Crippen molar-refractivity contribution in [2.24, 2.45) is 5.92 Å². The number of Topliss-reactive ketones (excluding diaryl/α,β-unsaturated/α-hetero) is 1. The van der Waals surface area contributed by atoms with E-state index in [2.05, 4.69) is 5.32 Å². The molecule has 1 saturated heterocycles. The summed E-state index contributed by atoms with van der Waals surface area (Å²) in [5.74, 6) is 0.288. The second-order valence-corrected chi connectivity index (χ2v) is 6.37. The van der Waals surface area contributed by atoms with E-state index in [-0.39, 0.29) is 17.9 Å². The monoisotopic (exact) mass is 278 g/mol. The highest BCUT2D eigenvalue weighted by Gasteiger charge is 2.51. The standard InChI is InChI=1S/C15H22N2O3/c18-12-6-4-5-11(12)7-10-17-13(19)15(16-14(17)20)8-2-1-3-9-15/h11H,1-10H2,(H,16,20). The van der Waals surface area contributed by atoms with Crippen molar-refractivity contribution in [1.82, 2.24) is 10.2 Å². The second kappa shape index (κ2) is 5.19. The molecule has 0 aromatic carbocycles. The maximum Gasteiger partial charge on any atom is 0.325 e. The minimum Gasteiger partial charge on any atom is -0.323 e. The van der Waals surface area contributed by atoms with Gasteiger partial charge in [0.1, 0.15) is 11.3 Å². The minimum atomic E-state index is -0.630. The van der Waals surface area contributed by atoms with Gasteiger partial charge in [-0.05, 0) is 32.1 Å². The molecule has 1 unspecified atom stereocenters. The molecule has 110 valence electrons. The number of urea groups is 1. The Labute approximate surface area is 119 Å². The van der Waals surface area contributed by atoms with Crippen molar-refractivity contribution in [3.8, 4) is 0 Å². The van der Waals surface area contributed by atoms with Crippen LogP contribution in [0.15, 0.2) is 0 Å². The minimum absolute atomic E-state index is 0.0542. The summed E-state index contributed by atoms with van der Waals surface area (Å²) in [4.78, 5) is 37.6. The Balaban J connectivity index is 1.63. The quantitative estimate of drug-likeness (QED) is 0.803. The van der Waals surface area contributed by atoms with Crippen LogP contribution in [0.2, 0.25) is 0 Å². The lowest BCUT2D eigenvalue weighted by molar-refractivity contribution is -0.133. The molecular formula is C15H22N2O3. The number of amides is 3. The Bertz CT molecular complexity index is 440. The summed E-state index contributed by atoms with van der Waals surface area (Å²) in [7, 11) is 0. The van der Waals surface area contributed by atoms with Gasteiger partial charge in [0.15, 0.2) is 0 Å². The van der Waals surface area contributed by atoms with Gasteiger partial charge < -0.3 is 5.32 Å². The molecule has 1 atom stereocenters. The van der Waals surface area contributed by atoms with Crippen molar-refractivity contribution in [3.63, 3.8) is 0 Å². The van der Waals surface area contributed by atoms with E-state index in [9.17, 15) is 14.4 Å². The van der Waals surface area contributed by atoms with E-state index in [1.54, 1.807) is 0 Å². The van der Waals surface area contributed by atoms with Crippen LogP contribution in [-0.4, -0.2) is 34.7 Å². The lowest BCUT2D eigenvalue weighted by atomic mass is 9.81. The summed E-state index contributed by atoms with van der Waals surface area (Å²) in [6.07, 6.45) is 7.82. The van der Waals surface area contributed by atoms with Crippen LogP contribution in [0.1, 0.15) is 57.8 Å². The molecule has 0 radical (unpaired) electrons. The third kappa shape index (κ3) is 2.23. The average Bonchev–Trinajstić information content (AvgIpc) is 2.93. The van der Waals surface area contributed by atoms with Crippen LogP contribution in [0, 0.1) is 5.92 Å². The van der Waals surface area contributed by atoms with Gasteiger partial charge in [0.25, 0.3) is 5.91 Å². The van der Waals surface area contributed by atoms with Gasteiger partial charge in [0.2, 0.25) is 0 Å². The average molecular weight is 278 g/mol.